The summed E-state index contributed by atoms with van der Waals surface area (Å²) in [5.41, 5.74) is 3.16. The van der Waals surface area contributed by atoms with E-state index in [1.54, 1.807) is 0 Å². The highest BCUT2D eigenvalue weighted by atomic mass is 15.3. The van der Waals surface area contributed by atoms with Crippen molar-refractivity contribution in [3.63, 3.8) is 0 Å². The summed E-state index contributed by atoms with van der Waals surface area (Å²) in [6, 6.07) is 14.5. The monoisotopic (exact) mass is 432 g/mol. The Hall–Kier alpha value is -3.39. The number of benzene rings is 1. The summed E-state index contributed by atoms with van der Waals surface area (Å²) in [6.07, 6.45) is 0. The van der Waals surface area contributed by atoms with Gasteiger partial charge in [0.2, 0.25) is 0 Å². The van der Waals surface area contributed by atoms with Crippen LogP contribution in [-0.2, 0) is 7.05 Å². The van der Waals surface area contributed by atoms with E-state index < -0.39 is 0 Å². The highest BCUT2D eigenvalue weighted by Crippen LogP contribution is 2.29. The molecule has 4 heterocycles. The summed E-state index contributed by atoms with van der Waals surface area (Å²) < 4.78 is 2.15. The van der Waals surface area contributed by atoms with Crippen molar-refractivity contribution in [1.29, 1.82) is 0 Å². The second-order valence-corrected chi connectivity index (χ2v) is 7.93. The predicted octanol–water partition coefficient (Wildman–Crippen LogP) is 4.19. The van der Waals surface area contributed by atoms with Crippen LogP contribution >= 0.6 is 0 Å². The molecule has 32 heavy (non-hydrogen) atoms. The highest BCUT2D eigenvalue weighted by molar-refractivity contribution is 5.86. The molecule has 0 bridgehead atoms. The van der Waals surface area contributed by atoms with Gasteiger partial charge in [0.1, 0.15) is 11.6 Å². The maximum absolute atomic E-state index is 4.96. The summed E-state index contributed by atoms with van der Waals surface area (Å²) in [6.45, 7) is 9.92. The van der Waals surface area contributed by atoms with E-state index in [9.17, 15) is 0 Å². The number of nitrogens with zero attached hydrogens (tertiary/aromatic N) is 6. The minimum Gasteiger partial charge on any atom is -0.354 e. The third kappa shape index (κ3) is 4.45. The van der Waals surface area contributed by atoms with Gasteiger partial charge in [-0.15, -0.1) is 0 Å². The first-order valence-corrected chi connectivity index (χ1v) is 11.2. The van der Waals surface area contributed by atoms with Crippen LogP contribution in [0.1, 0.15) is 19.5 Å². The lowest BCUT2D eigenvalue weighted by Crippen LogP contribution is -2.44. The summed E-state index contributed by atoms with van der Waals surface area (Å²) >= 11 is 0. The quantitative estimate of drug-likeness (QED) is 0.504. The molecule has 0 amide bonds. The van der Waals surface area contributed by atoms with Crippen LogP contribution in [0.25, 0.3) is 22.4 Å². The minimum atomic E-state index is 0.708. The fourth-order valence-electron chi connectivity index (χ4n) is 3.93. The SMILES string of the molecule is CC.Cc1cc(Nc2cc(N3CCN(C)CC3)nc(-c3cc4ccccc4n3C)n2)n[nH]1. The number of piperazine rings is 1. The van der Waals surface area contributed by atoms with Crippen LogP contribution in [-0.4, -0.2) is 62.9 Å². The fraction of sp³-hybridized carbons (Fsp3) is 0.375. The molecule has 0 unspecified atom stereocenters. The maximum atomic E-state index is 4.96. The zero-order valence-corrected chi connectivity index (χ0v) is 19.6. The molecule has 3 aromatic heterocycles. The Balaban J connectivity index is 0.00000119. The summed E-state index contributed by atoms with van der Waals surface area (Å²) in [5, 5.41) is 11.8. The maximum Gasteiger partial charge on any atom is 0.180 e. The molecule has 0 saturated carbocycles. The van der Waals surface area contributed by atoms with Gasteiger partial charge in [-0.05, 0) is 26.1 Å². The van der Waals surface area contributed by atoms with Crippen LogP contribution in [0.2, 0.25) is 0 Å². The zero-order chi connectivity index (χ0) is 22.7. The normalized spacial score (nSPS) is 14.3. The molecule has 1 fully saturated rings. The predicted molar refractivity (Wildman–Crippen MR) is 132 cm³/mol. The molecule has 1 aliphatic rings. The lowest BCUT2D eigenvalue weighted by atomic mass is 10.2. The van der Waals surface area contributed by atoms with Gasteiger partial charge in [0.25, 0.3) is 0 Å². The van der Waals surface area contributed by atoms with Crippen LogP contribution in [0.15, 0.2) is 42.5 Å². The molecule has 5 rings (SSSR count). The molecule has 4 aromatic rings. The van der Waals surface area contributed by atoms with Crippen molar-refractivity contribution >= 4 is 28.4 Å². The third-order valence-electron chi connectivity index (χ3n) is 5.68. The fourth-order valence-corrected chi connectivity index (χ4v) is 3.93. The van der Waals surface area contributed by atoms with E-state index in [4.69, 9.17) is 9.97 Å². The molecule has 2 N–H and O–H groups in total. The molecule has 0 atom stereocenters. The van der Waals surface area contributed by atoms with E-state index in [2.05, 4.69) is 74.3 Å². The van der Waals surface area contributed by atoms with Gasteiger partial charge in [-0.2, -0.15) is 5.10 Å². The van der Waals surface area contributed by atoms with E-state index in [-0.39, 0.29) is 0 Å². The Morgan fingerprint density at radius 1 is 0.906 bits per heavy atom. The minimum absolute atomic E-state index is 0.708. The average Bonchev–Trinajstić information content (AvgIpc) is 3.38. The number of anilines is 3. The van der Waals surface area contributed by atoms with E-state index in [0.29, 0.717) is 5.82 Å². The smallest absolute Gasteiger partial charge is 0.180 e. The average molecular weight is 433 g/mol. The molecule has 8 nitrogen and oxygen atoms in total. The molecule has 168 valence electrons. The van der Waals surface area contributed by atoms with Crippen LogP contribution < -0.4 is 10.2 Å². The van der Waals surface area contributed by atoms with Gasteiger partial charge in [0.15, 0.2) is 11.6 Å². The molecule has 0 aliphatic carbocycles. The van der Waals surface area contributed by atoms with Crippen molar-refractivity contribution < 1.29 is 0 Å². The molecule has 1 aliphatic heterocycles. The Morgan fingerprint density at radius 3 is 2.34 bits per heavy atom. The first-order valence-electron chi connectivity index (χ1n) is 11.2. The molecule has 1 aromatic carbocycles. The zero-order valence-electron chi connectivity index (χ0n) is 19.6. The number of fused-ring (bicyclic) bond motifs is 1. The van der Waals surface area contributed by atoms with Crippen molar-refractivity contribution in [2.75, 3.05) is 43.4 Å². The second-order valence-electron chi connectivity index (χ2n) is 7.93. The Kier molecular flexibility index (Phi) is 6.41. The van der Waals surface area contributed by atoms with Gasteiger partial charge in [-0.1, -0.05) is 32.0 Å². The number of aromatic amines is 1. The third-order valence-corrected chi connectivity index (χ3v) is 5.68. The molecule has 1 saturated heterocycles. The Morgan fingerprint density at radius 2 is 1.66 bits per heavy atom. The van der Waals surface area contributed by atoms with Crippen molar-refractivity contribution in [3.05, 3.63) is 48.2 Å². The van der Waals surface area contributed by atoms with Gasteiger partial charge < -0.3 is 19.7 Å². The summed E-state index contributed by atoms with van der Waals surface area (Å²) in [7, 11) is 4.22. The number of aryl methyl sites for hydroxylation is 2. The van der Waals surface area contributed by atoms with Gasteiger partial charge in [-0.25, -0.2) is 9.97 Å². The second kappa shape index (κ2) is 9.40. The number of H-pyrrole nitrogens is 1. The molecule has 8 heteroatoms. The standard InChI is InChI=1S/C22H26N8.C2H6/c1-15-12-20(27-26-15)23-19-14-21(30-10-8-28(2)9-11-30)25-22(24-19)18-13-16-6-4-5-7-17(16)29(18)3;1-2/h4-7,12-14H,8-11H2,1-3H3,(H2,23,24,25,26,27);1-2H3. The molecule has 0 spiro atoms. The Labute approximate surface area is 189 Å². The number of hydrogen-bond donors (Lipinski definition) is 2. The molecular weight excluding hydrogens is 400 g/mol. The van der Waals surface area contributed by atoms with E-state index >= 15 is 0 Å². The van der Waals surface area contributed by atoms with Crippen molar-refractivity contribution in [2.45, 2.75) is 20.8 Å². The number of hydrogen-bond acceptors (Lipinski definition) is 6. The van der Waals surface area contributed by atoms with Crippen molar-refractivity contribution in [3.8, 4) is 11.5 Å². The van der Waals surface area contributed by atoms with Crippen LogP contribution in [0.3, 0.4) is 0 Å². The van der Waals surface area contributed by atoms with Crippen molar-refractivity contribution in [1.82, 2.24) is 29.6 Å². The lowest BCUT2D eigenvalue weighted by Gasteiger charge is -2.33. The van der Waals surface area contributed by atoms with E-state index in [1.807, 2.05) is 32.9 Å². The summed E-state index contributed by atoms with van der Waals surface area (Å²) in [5.74, 6) is 3.14. The van der Waals surface area contributed by atoms with Gasteiger partial charge in [-0.3, -0.25) is 5.10 Å². The largest absolute Gasteiger partial charge is 0.354 e. The van der Waals surface area contributed by atoms with Gasteiger partial charge >= 0.3 is 0 Å². The van der Waals surface area contributed by atoms with E-state index in [1.165, 1.54) is 10.9 Å². The van der Waals surface area contributed by atoms with Crippen LogP contribution in [0.5, 0.6) is 0 Å². The van der Waals surface area contributed by atoms with Crippen LogP contribution in [0, 0.1) is 6.92 Å². The first-order chi connectivity index (χ1) is 15.6. The number of para-hydroxylation sites is 1. The van der Waals surface area contributed by atoms with E-state index in [0.717, 1.165) is 55.0 Å². The van der Waals surface area contributed by atoms with Gasteiger partial charge in [0, 0.05) is 62.0 Å². The topological polar surface area (TPSA) is 77.9 Å². The van der Waals surface area contributed by atoms with Crippen molar-refractivity contribution in [2.24, 2.45) is 7.05 Å². The lowest BCUT2D eigenvalue weighted by molar-refractivity contribution is 0.312. The number of rotatable bonds is 4. The number of likely N-dealkylation sites (N-methyl/N-ethyl adjacent to an activating group) is 1. The highest BCUT2D eigenvalue weighted by Gasteiger charge is 2.19. The molecular formula is C24H32N8. The summed E-state index contributed by atoms with van der Waals surface area (Å²) in [4.78, 5) is 14.5. The number of nitrogens with one attached hydrogen (secondary N) is 2. The Bertz CT molecular complexity index is 1180. The van der Waals surface area contributed by atoms with Crippen LogP contribution in [0.4, 0.5) is 17.5 Å². The molecule has 0 radical (unpaired) electrons. The number of aromatic nitrogens is 5. The first kappa shape index (κ1) is 21.8. The van der Waals surface area contributed by atoms with Gasteiger partial charge in [0.05, 0.1) is 5.69 Å².